The molecule has 0 N–H and O–H groups in total. The maximum atomic E-state index is 11.9. The summed E-state index contributed by atoms with van der Waals surface area (Å²) in [7, 11) is 0. The van der Waals surface area contributed by atoms with Crippen molar-refractivity contribution in [1.29, 1.82) is 0 Å². The molecule has 0 aliphatic heterocycles. The molecule has 0 bridgehead atoms. The summed E-state index contributed by atoms with van der Waals surface area (Å²) in [6, 6.07) is 8.62. The molecule has 0 unspecified atom stereocenters. The molecule has 0 nitrogen and oxygen atoms in total. The second kappa shape index (κ2) is 9.53. The van der Waals surface area contributed by atoms with E-state index in [2.05, 4.69) is 6.07 Å². The van der Waals surface area contributed by atoms with Gasteiger partial charge in [0, 0.05) is 5.82 Å². The maximum absolute atomic E-state index is 11.9. The van der Waals surface area contributed by atoms with Crippen molar-refractivity contribution in [3.63, 3.8) is 0 Å². The molecule has 0 atom stereocenters. The molecule has 0 aliphatic carbocycles. The number of benzene rings is 1. The van der Waals surface area contributed by atoms with Gasteiger partial charge in [0.25, 0.3) is 0 Å². The van der Waals surface area contributed by atoms with Crippen LogP contribution < -0.4 is 0 Å². The van der Waals surface area contributed by atoms with Crippen molar-refractivity contribution >= 4 is 0 Å². The fourth-order valence-corrected chi connectivity index (χ4v) is 0.371. The Morgan fingerprint density at radius 1 is 1.20 bits per heavy atom. The zero-order chi connectivity index (χ0) is 5.11. The fraction of sp³-hybridized carbons (Fsp3) is 0. The smallest absolute Gasteiger partial charge is 0.358 e. The van der Waals surface area contributed by atoms with Gasteiger partial charge in [-0.2, -0.15) is 18.2 Å². The molecule has 1 aromatic carbocycles. The minimum Gasteiger partial charge on any atom is -0.358 e. The summed E-state index contributed by atoms with van der Waals surface area (Å²) >= 11 is 0. The number of hydrogen-bond acceptors (Lipinski definition) is 0. The van der Waals surface area contributed by atoms with Crippen LogP contribution in [-0.4, -0.2) is 0 Å². The Balaban J connectivity index is -0.000000163. The number of hydrogen-bond donors (Lipinski definition) is 0. The topological polar surface area (TPSA) is 0 Å². The van der Waals surface area contributed by atoms with Crippen molar-refractivity contribution in [2.24, 2.45) is 0 Å². The Morgan fingerprint density at radius 3 is 2.00 bits per heavy atom. The summed E-state index contributed by atoms with van der Waals surface area (Å²) in [6.07, 6.45) is 0. The van der Waals surface area contributed by atoms with Crippen LogP contribution in [0.25, 0.3) is 0 Å². The van der Waals surface area contributed by atoms with Crippen LogP contribution in [0, 0.1) is 68.5 Å². The third kappa shape index (κ3) is 6.64. The van der Waals surface area contributed by atoms with Gasteiger partial charge in [-0.25, -0.2) is 4.39 Å². The van der Waals surface area contributed by atoms with E-state index in [9.17, 15) is 4.39 Å². The van der Waals surface area contributed by atoms with E-state index < -0.39 is 0 Å². The van der Waals surface area contributed by atoms with E-state index in [0.717, 1.165) is 0 Å². The standard InChI is InChI=1S/C6H4F.2CH3.Ce/c7-6-4-2-1-3-5-6;;;/h1-4H;2*1H3;/q3*-1;+3. The van der Waals surface area contributed by atoms with Gasteiger partial charge in [0.15, 0.2) is 0 Å². The second-order valence-electron chi connectivity index (χ2n) is 1.21. The van der Waals surface area contributed by atoms with Gasteiger partial charge in [-0.1, -0.05) is 0 Å². The van der Waals surface area contributed by atoms with E-state index in [0.29, 0.717) is 0 Å². The first-order chi connectivity index (χ1) is 3.39. The van der Waals surface area contributed by atoms with Gasteiger partial charge in [-0.3, -0.25) is 0 Å². The van der Waals surface area contributed by atoms with Crippen LogP contribution >= 0.6 is 0 Å². The van der Waals surface area contributed by atoms with Gasteiger partial charge in [0.1, 0.15) is 0 Å². The molecule has 10 heavy (non-hydrogen) atoms. The van der Waals surface area contributed by atoms with E-state index in [1.165, 1.54) is 12.1 Å². The Hall–Kier alpha value is 0.527. The van der Waals surface area contributed by atoms with Crippen molar-refractivity contribution in [2.45, 2.75) is 0 Å². The first kappa shape index (κ1) is 16.9. The molecule has 0 aromatic heterocycles. The normalized spacial score (nSPS) is 6.10. The van der Waals surface area contributed by atoms with Gasteiger partial charge in [-0.15, -0.1) is 12.1 Å². The van der Waals surface area contributed by atoms with Gasteiger partial charge in [0.05, 0.1) is 0 Å². The van der Waals surface area contributed by atoms with Crippen LogP contribution in [0.15, 0.2) is 24.3 Å². The first-order valence-electron chi connectivity index (χ1n) is 2.02. The van der Waals surface area contributed by atoms with Crippen LogP contribution in [0.4, 0.5) is 4.39 Å². The van der Waals surface area contributed by atoms with Crippen molar-refractivity contribution < 1.29 is 46.1 Å². The summed E-state index contributed by atoms with van der Waals surface area (Å²) in [4.78, 5) is 0. The molecule has 53 valence electrons. The molecular weight excluding hydrogens is 255 g/mol. The predicted octanol–water partition coefficient (Wildman–Crippen LogP) is 2.53. The van der Waals surface area contributed by atoms with E-state index in [1.807, 2.05) is 0 Å². The molecule has 0 amide bonds. The predicted molar refractivity (Wildman–Crippen MR) is 38.1 cm³/mol. The summed E-state index contributed by atoms with van der Waals surface area (Å²) < 4.78 is 11.9. The summed E-state index contributed by atoms with van der Waals surface area (Å²) in [6.45, 7) is 0. The van der Waals surface area contributed by atoms with E-state index >= 15 is 0 Å². The summed E-state index contributed by atoms with van der Waals surface area (Å²) in [5.74, 6) is -0.303. The van der Waals surface area contributed by atoms with Crippen LogP contribution in [0.2, 0.25) is 0 Å². The van der Waals surface area contributed by atoms with Gasteiger partial charge >= 0.3 is 41.7 Å². The van der Waals surface area contributed by atoms with E-state index in [1.54, 1.807) is 12.1 Å². The van der Waals surface area contributed by atoms with Crippen LogP contribution in [-0.2, 0) is 0 Å². The second-order valence-corrected chi connectivity index (χ2v) is 1.21. The third-order valence-corrected chi connectivity index (χ3v) is 0.671. The summed E-state index contributed by atoms with van der Waals surface area (Å²) in [5, 5.41) is 0. The van der Waals surface area contributed by atoms with Crippen LogP contribution in [0.5, 0.6) is 0 Å². The molecule has 0 fully saturated rings. The largest absolute Gasteiger partial charge is 3.00 e. The molecule has 0 heterocycles. The molecule has 0 spiro atoms. The molecule has 0 saturated carbocycles. The summed E-state index contributed by atoms with van der Waals surface area (Å²) in [5.41, 5.74) is 0. The maximum Gasteiger partial charge on any atom is 3.00 e. The zero-order valence-corrected chi connectivity index (χ0v) is 9.33. The van der Waals surface area contributed by atoms with Gasteiger partial charge in [0.2, 0.25) is 0 Å². The quantitative estimate of drug-likeness (QED) is 0.632. The van der Waals surface area contributed by atoms with Crippen molar-refractivity contribution in [3.05, 3.63) is 51.0 Å². The van der Waals surface area contributed by atoms with E-state index in [-0.39, 0.29) is 62.4 Å². The third-order valence-electron chi connectivity index (χ3n) is 0.671. The minimum absolute atomic E-state index is 0. The van der Waals surface area contributed by atoms with E-state index in [4.69, 9.17) is 0 Å². The Kier molecular flexibility index (Phi) is 16.1. The molecule has 1 aromatic rings. The molecular formula is C8H10CeF. The monoisotopic (exact) mass is 265 g/mol. The Morgan fingerprint density at radius 2 is 1.80 bits per heavy atom. The SMILES string of the molecule is Fc1[c-]cccc1.[CH3-].[CH3-].[Ce+3]. The Labute approximate surface area is 96.2 Å². The number of rotatable bonds is 0. The van der Waals surface area contributed by atoms with Crippen LogP contribution in [0.1, 0.15) is 0 Å². The van der Waals surface area contributed by atoms with Crippen molar-refractivity contribution in [2.75, 3.05) is 0 Å². The zero-order valence-electron chi connectivity index (χ0n) is 6.19. The van der Waals surface area contributed by atoms with Crippen molar-refractivity contribution in [1.82, 2.24) is 0 Å². The molecule has 1 rings (SSSR count). The molecule has 0 saturated heterocycles. The number of halogens is 1. The molecule has 2 heteroatoms. The minimum atomic E-state index is -0.303. The average molecular weight is 265 g/mol. The van der Waals surface area contributed by atoms with Gasteiger partial charge < -0.3 is 14.9 Å². The first-order valence-corrected chi connectivity index (χ1v) is 2.02. The molecule has 0 aliphatic rings. The van der Waals surface area contributed by atoms with Crippen molar-refractivity contribution in [3.8, 4) is 0 Å². The van der Waals surface area contributed by atoms with Gasteiger partial charge in [-0.05, 0) is 0 Å². The Bertz CT molecular complexity index is 139. The fourth-order valence-electron chi connectivity index (χ4n) is 0.371. The average Bonchev–Trinajstić information content (AvgIpc) is 1.69. The van der Waals surface area contributed by atoms with Crippen LogP contribution in [0.3, 0.4) is 0 Å². The molecule has 1 radical (unpaired) electrons.